The summed E-state index contributed by atoms with van der Waals surface area (Å²) >= 11 is 0. The van der Waals surface area contributed by atoms with Gasteiger partial charge in [0, 0.05) is 7.05 Å². The second-order valence-corrected chi connectivity index (χ2v) is 5.69. The van der Waals surface area contributed by atoms with Crippen molar-refractivity contribution in [3.63, 3.8) is 0 Å². The van der Waals surface area contributed by atoms with E-state index in [0.29, 0.717) is 0 Å². The van der Waals surface area contributed by atoms with Crippen molar-refractivity contribution in [2.45, 2.75) is 26.3 Å². The minimum absolute atomic E-state index is 0.133. The Labute approximate surface area is 146 Å². The van der Waals surface area contributed by atoms with Crippen molar-refractivity contribution in [3.05, 3.63) is 35.9 Å². The first-order valence-corrected chi connectivity index (χ1v) is 7.85. The van der Waals surface area contributed by atoms with Crippen molar-refractivity contribution in [3.8, 4) is 0 Å². The molecule has 8 heteroatoms. The monoisotopic (exact) mass is 349 g/mol. The topological polar surface area (TPSA) is 114 Å². The van der Waals surface area contributed by atoms with Crippen LogP contribution in [0.4, 0.5) is 4.79 Å². The van der Waals surface area contributed by atoms with Crippen LogP contribution >= 0.6 is 0 Å². The average Bonchev–Trinajstić information content (AvgIpc) is 2.58. The van der Waals surface area contributed by atoms with E-state index in [1.807, 2.05) is 35.6 Å². The highest BCUT2D eigenvalue weighted by molar-refractivity contribution is 5.95. The fraction of sp³-hybridized carbons (Fsp3) is 0.412. The van der Waals surface area contributed by atoms with Gasteiger partial charge in [0.2, 0.25) is 5.91 Å². The minimum Gasteiger partial charge on any atom is -0.454 e. The number of urea groups is 1. The van der Waals surface area contributed by atoms with Gasteiger partial charge >= 0.3 is 12.0 Å². The molecule has 0 saturated heterocycles. The Morgan fingerprint density at radius 3 is 2.24 bits per heavy atom. The number of carbonyl (C=O) groups excluding carboxylic acids is 4. The van der Waals surface area contributed by atoms with Gasteiger partial charge in [0.15, 0.2) is 6.61 Å². The van der Waals surface area contributed by atoms with E-state index >= 15 is 0 Å². The van der Waals surface area contributed by atoms with E-state index in [0.717, 1.165) is 5.56 Å². The number of amides is 4. The molecule has 0 heterocycles. The van der Waals surface area contributed by atoms with E-state index in [-0.39, 0.29) is 18.2 Å². The van der Waals surface area contributed by atoms with E-state index in [1.54, 1.807) is 13.8 Å². The molecule has 0 aromatic heterocycles. The smallest absolute Gasteiger partial charge is 0.329 e. The maximum absolute atomic E-state index is 12.1. The third-order valence-electron chi connectivity index (χ3n) is 3.27. The van der Waals surface area contributed by atoms with Crippen LogP contribution in [0.15, 0.2) is 30.3 Å². The quantitative estimate of drug-likeness (QED) is 0.616. The van der Waals surface area contributed by atoms with Gasteiger partial charge in [-0.15, -0.1) is 0 Å². The zero-order valence-corrected chi connectivity index (χ0v) is 14.5. The molecule has 4 amide bonds. The van der Waals surface area contributed by atoms with E-state index in [1.165, 1.54) is 7.05 Å². The largest absolute Gasteiger partial charge is 0.454 e. The summed E-state index contributed by atoms with van der Waals surface area (Å²) in [6, 6.07) is 7.53. The molecule has 0 aliphatic carbocycles. The van der Waals surface area contributed by atoms with E-state index < -0.39 is 30.6 Å². The summed E-state index contributed by atoms with van der Waals surface area (Å²) in [5, 5.41) is 6.79. The zero-order valence-electron chi connectivity index (χ0n) is 14.5. The van der Waals surface area contributed by atoms with Crippen LogP contribution in [0.3, 0.4) is 0 Å². The van der Waals surface area contributed by atoms with Gasteiger partial charge in [0.05, 0.1) is 6.42 Å². The number of nitrogens with one attached hydrogen (secondary N) is 3. The minimum atomic E-state index is -0.885. The zero-order chi connectivity index (χ0) is 18.8. The van der Waals surface area contributed by atoms with Crippen LogP contribution < -0.4 is 16.0 Å². The van der Waals surface area contributed by atoms with Crippen LogP contribution in [0.2, 0.25) is 0 Å². The first-order chi connectivity index (χ1) is 11.8. The van der Waals surface area contributed by atoms with Gasteiger partial charge in [-0.1, -0.05) is 44.2 Å². The molecular weight excluding hydrogens is 326 g/mol. The third-order valence-corrected chi connectivity index (χ3v) is 3.27. The molecule has 3 N–H and O–H groups in total. The highest BCUT2D eigenvalue weighted by Crippen LogP contribution is 2.06. The van der Waals surface area contributed by atoms with Gasteiger partial charge in [0.1, 0.15) is 6.04 Å². The molecule has 1 rings (SSSR count). The molecular formula is C17H23N3O5. The summed E-state index contributed by atoms with van der Waals surface area (Å²) in [4.78, 5) is 46.6. The Balaban J connectivity index is 2.54. The van der Waals surface area contributed by atoms with Crippen molar-refractivity contribution >= 4 is 23.8 Å². The van der Waals surface area contributed by atoms with Crippen molar-refractivity contribution in [1.82, 2.24) is 16.0 Å². The summed E-state index contributed by atoms with van der Waals surface area (Å²) in [7, 11) is 1.35. The van der Waals surface area contributed by atoms with E-state index in [2.05, 4.69) is 10.6 Å². The average molecular weight is 349 g/mol. The number of rotatable bonds is 7. The molecule has 0 fully saturated rings. The Morgan fingerprint density at radius 2 is 1.68 bits per heavy atom. The number of benzene rings is 1. The van der Waals surface area contributed by atoms with Gasteiger partial charge < -0.3 is 15.4 Å². The summed E-state index contributed by atoms with van der Waals surface area (Å²) in [6.07, 6.45) is 0.133. The predicted molar refractivity (Wildman–Crippen MR) is 90.5 cm³/mol. The van der Waals surface area contributed by atoms with Crippen molar-refractivity contribution < 1.29 is 23.9 Å². The lowest BCUT2D eigenvalue weighted by Crippen LogP contribution is -2.47. The van der Waals surface area contributed by atoms with Crippen LogP contribution in [0, 0.1) is 5.92 Å². The van der Waals surface area contributed by atoms with E-state index in [4.69, 9.17) is 4.74 Å². The maximum atomic E-state index is 12.1. The molecule has 1 aromatic rings. The molecule has 1 atom stereocenters. The number of hydrogen-bond donors (Lipinski definition) is 3. The van der Waals surface area contributed by atoms with Gasteiger partial charge in [-0.2, -0.15) is 0 Å². The van der Waals surface area contributed by atoms with Crippen LogP contribution in [-0.2, 0) is 25.5 Å². The number of hydrogen-bond acceptors (Lipinski definition) is 5. The normalized spacial score (nSPS) is 11.4. The number of esters is 1. The lowest BCUT2D eigenvalue weighted by atomic mass is 10.0. The number of imide groups is 1. The molecule has 25 heavy (non-hydrogen) atoms. The van der Waals surface area contributed by atoms with Crippen LogP contribution in [0.25, 0.3) is 0 Å². The van der Waals surface area contributed by atoms with E-state index in [9.17, 15) is 19.2 Å². The third kappa shape index (κ3) is 7.47. The molecule has 8 nitrogen and oxygen atoms in total. The lowest BCUT2D eigenvalue weighted by Gasteiger charge is -2.20. The van der Waals surface area contributed by atoms with Gasteiger partial charge in [-0.05, 0) is 11.5 Å². The van der Waals surface area contributed by atoms with Crippen LogP contribution in [0.5, 0.6) is 0 Å². The van der Waals surface area contributed by atoms with Gasteiger partial charge in [0.25, 0.3) is 5.91 Å². The Bertz CT molecular complexity index is 616. The summed E-state index contributed by atoms with van der Waals surface area (Å²) in [6.45, 7) is 2.89. The van der Waals surface area contributed by atoms with Crippen LogP contribution in [-0.4, -0.2) is 43.5 Å². The molecule has 0 aliphatic heterocycles. The predicted octanol–water partition coefficient (Wildman–Crippen LogP) is 0.369. The molecule has 0 radical (unpaired) electrons. The van der Waals surface area contributed by atoms with Crippen molar-refractivity contribution in [2.75, 3.05) is 13.7 Å². The SMILES string of the molecule is CNC(=O)NC(=O)COC(=O)[C@@H](NC(=O)Cc1ccccc1)C(C)C. The van der Waals surface area contributed by atoms with Crippen LogP contribution in [0.1, 0.15) is 19.4 Å². The summed E-state index contributed by atoms with van der Waals surface area (Å²) < 4.78 is 4.88. The molecule has 0 aliphatic rings. The van der Waals surface area contributed by atoms with Gasteiger partial charge in [-0.25, -0.2) is 9.59 Å². The van der Waals surface area contributed by atoms with Crippen molar-refractivity contribution in [2.24, 2.45) is 5.92 Å². The molecule has 0 unspecified atom stereocenters. The molecule has 0 saturated carbocycles. The lowest BCUT2D eigenvalue weighted by molar-refractivity contribution is -0.152. The highest BCUT2D eigenvalue weighted by atomic mass is 16.5. The second kappa shape index (κ2) is 10.1. The molecule has 0 bridgehead atoms. The van der Waals surface area contributed by atoms with Gasteiger partial charge in [-0.3, -0.25) is 14.9 Å². The molecule has 136 valence electrons. The fourth-order valence-electron chi connectivity index (χ4n) is 1.96. The summed E-state index contributed by atoms with van der Waals surface area (Å²) in [5.41, 5.74) is 0.820. The number of ether oxygens (including phenoxy) is 1. The Kier molecular flexibility index (Phi) is 8.11. The van der Waals surface area contributed by atoms with Crippen molar-refractivity contribution in [1.29, 1.82) is 0 Å². The standard InChI is InChI=1S/C17H23N3O5/c1-11(2)15(16(23)25-10-14(22)20-17(24)18-3)19-13(21)9-12-7-5-4-6-8-12/h4-8,11,15H,9-10H2,1-3H3,(H,19,21)(H2,18,20,22,24)/t15-/m0/s1. The summed E-state index contributed by atoms with van der Waals surface area (Å²) in [5.74, 6) is -2.04. The second-order valence-electron chi connectivity index (χ2n) is 5.69. The highest BCUT2D eigenvalue weighted by Gasteiger charge is 2.26. The first kappa shape index (κ1) is 20.1. The molecule has 1 aromatic carbocycles. The number of carbonyl (C=O) groups is 4. The Hall–Kier alpha value is -2.90. The first-order valence-electron chi connectivity index (χ1n) is 7.85. The Morgan fingerprint density at radius 1 is 1.04 bits per heavy atom. The molecule has 0 spiro atoms. The fourth-order valence-corrected chi connectivity index (χ4v) is 1.96. The maximum Gasteiger partial charge on any atom is 0.329 e.